The molecular formula is C96H88Cl3F9N16O3. The van der Waals surface area contributed by atoms with E-state index >= 15 is 0 Å². The smallest absolute Gasteiger partial charge is 0.383 e. The number of nitrogens with one attached hydrogen (secondary N) is 3. The fraction of sp³-hybridized carbons (Fsp3) is 0.260. The van der Waals surface area contributed by atoms with E-state index in [1.807, 2.05) is 60.8 Å². The van der Waals surface area contributed by atoms with Crippen molar-refractivity contribution in [3.63, 3.8) is 0 Å². The van der Waals surface area contributed by atoms with Crippen LogP contribution in [0.4, 0.5) is 74.0 Å². The van der Waals surface area contributed by atoms with Gasteiger partial charge in [0.25, 0.3) is 17.7 Å². The van der Waals surface area contributed by atoms with Gasteiger partial charge < -0.3 is 47.9 Å². The van der Waals surface area contributed by atoms with Crippen LogP contribution in [0.2, 0.25) is 15.1 Å². The number of benzene rings is 8. The van der Waals surface area contributed by atoms with Crippen LogP contribution in [0.15, 0.2) is 176 Å². The minimum Gasteiger partial charge on any atom is -0.383 e. The average molecular weight is 1790 g/mol. The van der Waals surface area contributed by atoms with Crippen molar-refractivity contribution >= 4 is 119 Å². The molecule has 0 unspecified atom stereocenters. The highest BCUT2D eigenvalue weighted by molar-refractivity contribution is 6.32. The van der Waals surface area contributed by atoms with Crippen LogP contribution in [0.3, 0.4) is 0 Å². The summed E-state index contributed by atoms with van der Waals surface area (Å²) < 4.78 is 126. The number of alkyl halides is 9. The number of halogens is 12. The van der Waals surface area contributed by atoms with Gasteiger partial charge >= 0.3 is 18.5 Å². The zero-order valence-electron chi connectivity index (χ0n) is 70.0. The standard InChI is InChI=1S/C33H31ClF3N5O.C32H29ClF3N5O.C31H28ClF3N6O/c1-3-41-12-14-42(15-13-41)20-25-7-10-27(18-30(25)33(35,36)37)40-32(43)23-5-4-21(2)22(16-23)8-11-28-29-17-26(34)9-6-24(29)19-39-31(28)38;1-20-3-4-22(15-21(20)7-10-27-28-16-25(33)8-5-23(28)18-38-30(27)37)31(42)39-26-9-6-24(29(17-26)32(34,35)36)19-41-13-11-40(2)12-14-41;1-19-16-37-28(13-20(19)5-8-25-26-14-23(32)6-3-21(26)17-38-29(25)36)30(42)39-24-7-4-22(27(15-24)31(33,34)35)18-41-11-9-40(2)10-12-41/h4-7,9-10,16-19H,3,12-15,20H2,1-2H3,(H2,38,39)(H,40,43);3-6,8-9,15-18H,11-14,19H2,1-2H3,(H2,37,38)(H,39,42);3-4,6-7,13-17H,9-12,18H2,1-2H3,(H2,36,38)(H,39,42). The maximum absolute atomic E-state index is 14.1. The molecule has 0 bridgehead atoms. The molecule has 0 spiro atoms. The summed E-state index contributed by atoms with van der Waals surface area (Å²) in [6.07, 6.45) is -7.28. The largest absolute Gasteiger partial charge is 0.416 e. The lowest BCUT2D eigenvalue weighted by Crippen LogP contribution is -2.45. The van der Waals surface area contributed by atoms with Gasteiger partial charge in [0.2, 0.25) is 0 Å². The van der Waals surface area contributed by atoms with Gasteiger partial charge in [-0.2, -0.15) is 39.5 Å². The third-order valence-electron chi connectivity index (χ3n) is 22.3. The Balaban J connectivity index is 0.000000163. The van der Waals surface area contributed by atoms with Crippen LogP contribution in [0, 0.1) is 56.3 Å². The Morgan fingerprint density at radius 1 is 0.370 bits per heavy atom. The van der Waals surface area contributed by atoms with Crippen LogP contribution in [0.1, 0.15) is 122 Å². The third kappa shape index (κ3) is 23.7. The monoisotopic (exact) mass is 1790 g/mol. The molecule has 15 rings (SSSR count). The number of rotatable bonds is 13. The van der Waals surface area contributed by atoms with Crippen LogP contribution >= 0.6 is 34.8 Å². The highest BCUT2D eigenvalue weighted by Crippen LogP contribution is 2.39. The molecule has 3 fully saturated rings. The van der Waals surface area contributed by atoms with E-state index in [2.05, 4.69) is 93.0 Å². The molecule has 3 aliphatic rings. The Bertz CT molecular complexity index is 6120. The molecule has 8 aromatic carbocycles. The van der Waals surface area contributed by atoms with Crippen molar-refractivity contribution in [2.45, 2.75) is 65.9 Å². The van der Waals surface area contributed by atoms with Crippen LogP contribution < -0.4 is 33.2 Å². The van der Waals surface area contributed by atoms with Gasteiger partial charge in [-0.3, -0.25) is 34.1 Å². The molecule has 9 N–H and O–H groups in total. The number of carbonyl (C=O) groups is 3. The molecule has 7 heterocycles. The Hall–Kier alpha value is -12.4. The zero-order chi connectivity index (χ0) is 90.8. The van der Waals surface area contributed by atoms with Crippen LogP contribution in [0.25, 0.3) is 32.3 Å². The second-order valence-electron chi connectivity index (χ2n) is 31.3. The number of aryl methyl sites for hydroxylation is 3. The molecule has 0 atom stereocenters. The Morgan fingerprint density at radius 2 is 0.685 bits per heavy atom. The van der Waals surface area contributed by atoms with E-state index in [0.29, 0.717) is 93.3 Å². The Labute approximate surface area is 743 Å². The predicted octanol–water partition coefficient (Wildman–Crippen LogP) is 18.4. The van der Waals surface area contributed by atoms with Gasteiger partial charge in [-0.05, 0) is 178 Å². The molecule has 19 nitrogen and oxygen atoms in total. The van der Waals surface area contributed by atoms with Crippen molar-refractivity contribution in [1.82, 2.24) is 49.3 Å². The first kappa shape index (κ1) is 92.3. The lowest BCUT2D eigenvalue weighted by Gasteiger charge is -2.34. The lowest BCUT2D eigenvalue weighted by molar-refractivity contribution is -0.139. The molecule has 12 aromatic rings. The molecule has 3 aliphatic heterocycles. The van der Waals surface area contributed by atoms with Crippen molar-refractivity contribution in [3.8, 4) is 35.5 Å². The second-order valence-corrected chi connectivity index (χ2v) is 32.6. The summed E-state index contributed by atoms with van der Waals surface area (Å²) in [5.74, 6) is 17.3. The van der Waals surface area contributed by atoms with E-state index in [0.717, 1.165) is 107 Å². The van der Waals surface area contributed by atoms with Crippen molar-refractivity contribution in [2.75, 3.05) is 132 Å². The number of nitrogens with zero attached hydrogens (tertiary/aromatic N) is 10. The van der Waals surface area contributed by atoms with E-state index in [1.165, 1.54) is 48.7 Å². The van der Waals surface area contributed by atoms with Crippen molar-refractivity contribution in [3.05, 3.63) is 292 Å². The summed E-state index contributed by atoms with van der Waals surface area (Å²) >= 11 is 18.5. The van der Waals surface area contributed by atoms with E-state index in [-0.39, 0.29) is 87.7 Å². The predicted molar refractivity (Wildman–Crippen MR) is 484 cm³/mol. The molecule has 3 saturated heterocycles. The molecule has 4 aromatic heterocycles. The highest BCUT2D eigenvalue weighted by atomic mass is 35.5. The number of amides is 3. The number of aromatic nitrogens is 4. The SMILES string of the molecule is CCN1CCN(Cc2ccc(NC(=O)c3ccc(C)c(C#Cc4c(N)ncc5ccc(Cl)cc45)c3)cc2C(F)(F)F)CC1.Cc1ccc(C(=O)Nc2ccc(CN3CCN(C)CC3)c(C(F)(F)F)c2)cc1C#Cc1c(N)ncc2ccc(Cl)cc12.Cc1cnc(C(=O)Nc2ccc(CN3CCN(C)CC3)c(C(F)(F)F)c2)cc1C#Cc1c(N)ncc2ccc(Cl)cc12. The van der Waals surface area contributed by atoms with Gasteiger partial charge in [-0.25, -0.2) is 15.0 Å². The lowest BCUT2D eigenvalue weighted by atomic mass is 10.0. The number of likely N-dealkylation sites (N-methyl/N-ethyl adjacent to an activating group) is 3. The van der Waals surface area contributed by atoms with Crippen molar-refractivity contribution < 1.29 is 53.9 Å². The molecule has 127 heavy (non-hydrogen) atoms. The maximum Gasteiger partial charge on any atom is 0.416 e. The maximum atomic E-state index is 14.1. The fourth-order valence-electron chi connectivity index (χ4n) is 14.7. The van der Waals surface area contributed by atoms with Gasteiger partial charge in [0.05, 0.1) is 33.4 Å². The molecular weight excluding hydrogens is 1700 g/mol. The van der Waals surface area contributed by atoms with E-state index in [1.54, 1.807) is 98.3 Å². The first-order chi connectivity index (χ1) is 60.5. The zero-order valence-corrected chi connectivity index (χ0v) is 72.3. The first-order valence-corrected chi connectivity index (χ1v) is 41.7. The summed E-state index contributed by atoms with van der Waals surface area (Å²) in [7, 11) is 3.98. The fourth-order valence-corrected chi connectivity index (χ4v) is 15.2. The Morgan fingerprint density at radius 3 is 1.02 bits per heavy atom. The number of carbonyl (C=O) groups excluding carboxylic acids is 3. The third-order valence-corrected chi connectivity index (χ3v) is 23.0. The minimum atomic E-state index is -4.57. The van der Waals surface area contributed by atoms with Crippen LogP contribution in [-0.4, -0.2) is 166 Å². The van der Waals surface area contributed by atoms with Gasteiger partial charge in [0, 0.05) is 215 Å². The number of nitrogens with two attached hydrogens (primary N) is 3. The van der Waals surface area contributed by atoms with Crippen molar-refractivity contribution in [2.24, 2.45) is 0 Å². The normalized spacial score (nSPS) is 14.4. The number of piperazine rings is 3. The van der Waals surface area contributed by atoms with Gasteiger partial charge in [0.1, 0.15) is 23.1 Å². The van der Waals surface area contributed by atoms with Gasteiger partial charge in [-0.15, -0.1) is 0 Å². The van der Waals surface area contributed by atoms with Gasteiger partial charge in [-0.1, -0.05) is 126 Å². The number of hydrogen-bond acceptors (Lipinski definition) is 16. The molecule has 31 heteroatoms. The molecule has 0 saturated carbocycles. The van der Waals surface area contributed by atoms with E-state index in [9.17, 15) is 53.9 Å². The molecule has 0 aliphatic carbocycles. The van der Waals surface area contributed by atoms with Crippen LogP contribution in [0.5, 0.6) is 0 Å². The number of nitrogen functional groups attached to an aromatic ring is 3. The highest BCUT2D eigenvalue weighted by Gasteiger charge is 2.38. The molecule has 0 radical (unpaired) electrons. The molecule has 654 valence electrons. The van der Waals surface area contributed by atoms with E-state index < -0.39 is 52.9 Å². The number of anilines is 6. The summed E-state index contributed by atoms with van der Waals surface area (Å²) in [5, 5.41) is 14.1. The number of fused-ring (bicyclic) bond motifs is 3. The van der Waals surface area contributed by atoms with Gasteiger partial charge in [0.15, 0.2) is 0 Å². The van der Waals surface area contributed by atoms with E-state index in [4.69, 9.17) is 52.0 Å². The minimum absolute atomic E-state index is 0.00651. The molecule has 3 amide bonds. The quantitative estimate of drug-likeness (QED) is 0.0465. The topological polar surface area (TPSA) is 236 Å². The number of hydrogen-bond donors (Lipinski definition) is 6. The first-order valence-electron chi connectivity index (χ1n) is 40.5. The summed E-state index contributed by atoms with van der Waals surface area (Å²) in [6, 6.07) is 39.2. The summed E-state index contributed by atoms with van der Waals surface area (Å²) in [4.78, 5) is 68.7. The number of pyridine rings is 4. The second kappa shape index (κ2) is 40.1. The van der Waals surface area contributed by atoms with Crippen LogP contribution in [-0.2, 0) is 38.2 Å². The van der Waals surface area contributed by atoms with Crippen molar-refractivity contribution in [1.29, 1.82) is 0 Å². The summed E-state index contributed by atoms with van der Waals surface area (Å²) in [5.41, 5.74) is 22.8. The average Bonchev–Trinajstić information content (AvgIpc) is 0.811. The summed E-state index contributed by atoms with van der Waals surface area (Å²) in [6.45, 7) is 18.1. The Kier molecular flexibility index (Phi) is 29.1.